The standard InChI is InChI=1S/C23H24N4O5/c1-15-11-18(16(2)27(15)17-5-6-20-21(12-17)31-10-9-30-20)19(28)14-32-22(29)13-26(3)23-24-7-4-8-25-23/h4-8,11-12H,9-10,13-14H2,1-3H3. The maximum Gasteiger partial charge on any atom is 0.326 e. The highest BCUT2D eigenvalue weighted by molar-refractivity contribution is 5.99. The number of ether oxygens (including phenoxy) is 3. The van der Waals surface area contributed by atoms with Gasteiger partial charge in [0, 0.05) is 48.1 Å². The van der Waals surface area contributed by atoms with Crippen LogP contribution in [-0.4, -0.2) is 59.7 Å². The average molecular weight is 436 g/mol. The van der Waals surface area contributed by atoms with Gasteiger partial charge >= 0.3 is 5.97 Å². The number of likely N-dealkylation sites (N-methyl/N-ethyl adjacent to an activating group) is 1. The van der Waals surface area contributed by atoms with Gasteiger partial charge in [-0.2, -0.15) is 0 Å². The highest BCUT2D eigenvalue weighted by atomic mass is 16.6. The molecule has 4 rings (SSSR count). The molecule has 3 heterocycles. The van der Waals surface area contributed by atoms with E-state index < -0.39 is 5.97 Å². The number of carbonyl (C=O) groups excluding carboxylic acids is 2. The summed E-state index contributed by atoms with van der Waals surface area (Å²) in [5.41, 5.74) is 3.01. The number of esters is 1. The van der Waals surface area contributed by atoms with Crippen LogP contribution in [0.25, 0.3) is 5.69 Å². The molecule has 0 amide bonds. The predicted molar refractivity (Wildman–Crippen MR) is 117 cm³/mol. The van der Waals surface area contributed by atoms with Crippen molar-refractivity contribution in [2.75, 3.05) is 38.3 Å². The third-order valence-corrected chi connectivity index (χ3v) is 5.14. The van der Waals surface area contributed by atoms with Gasteiger partial charge in [0.15, 0.2) is 18.1 Å². The smallest absolute Gasteiger partial charge is 0.326 e. The van der Waals surface area contributed by atoms with Crippen molar-refractivity contribution < 1.29 is 23.8 Å². The zero-order valence-corrected chi connectivity index (χ0v) is 18.2. The minimum Gasteiger partial charge on any atom is -0.486 e. The van der Waals surface area contributed by atoms with Crippen LogP contribution in [0.2, 0.25) is 0 Å². The number of anilines is 1. The van der Waals surface area contributed by atoms with E-state index in [0.29, 0.717) is 36.2 Å². The van der Waals surface area contributed by atoms with Gasteiger partial charge in [0.05, 0.1) is 0 Å². The molecule has 0 fully saturated rings. The van der Waals surface area contributed by atoms with E-state index in [-0.39, 0.29) is 18.9 Å². The first-order chi connectivity index (χ1) is 15.4. The Kier molecular flexibility index (Phi) is 6.07. The summed E-state index contributed by atoms with van der Waals surface area (Å²) in [4.78, 5) is 34.7. The number of fused-ring (bicyclic) bond motifs is 1. The molecule has 0 radical (unpaired) electrons. The minimum absolute atomic E-state index is 0.0620. The van der Waals surface area contributed by atoms with E-state index in [9.17, 15) is 9.59 Å². The second kappa shape index (κ2) is 9.09. The average Bonchev–Trinajstić information content (AvgIpc) is 3.11. The van der Waals surface area contributed by atoms with Crippen molar-refractivity contribution in [1.29, 1.82) is 0 Å². The van der Waals surface area contributed by atoms with Crippen LogP contribution in [0.15, 0.2) is 42.7 Å². The molecule has 2 aromatic heterocycles. The lowest BCUT2D eigenvalue weighted by atomic mass is 10.1. The Hall–Kier alpha value is -3.88. The molecule has 0 saturated carbocycles. The quantitative estimate of drug-likeness (QED) is 0.412. The van der Waals surface area contributed by atoms with Crippen molar-refractivity contribution in [3.8, 4) is 17.2 Å². The molecule has 9 heteroatoms. The van der Waals surface area contributed by atoms with Gasteiger partial charge in [0.1, 0.15) is 19.8 Å². The summed E-state index contributed by atoms with van der Waals surface area (Å²) in [5.74, 6) is 0.979. The largest absolute Gasteiger partial charge is 0.486 e. The Bertz CT molecular complexity index is 1140. The number of ketones is 1. The molecular weight excluding hydrogens is 412 g/mol. The van der Waals surface area contributed by atoms with Crippen LogP contribution >= 0.6 is 0 Å². The molecule has 0 saturated heterocycles. The van der Waals surface area contributed by atoms with Crippen molar-refractivity contribution in [3.05, 3.63) is 59.7 Å². The fourth-order valence-electron chi connectivity index (χ4n) is 3.64. The number of carbonyl (C=O) groups is 2. The van der Waals surface area contributed by atoms with Crippen LogP contribution in [-0.2, 0) is 9.53 Å². The number of rotatable bonds is 7. The Morgan fingerprint density at radius 3 is 2.56 bits per heavy atom. The first-order valence-corrected chi connectivity index (χ1v) is 10.2. The van der Waals surface area contributed by atoms with Gasteiger partial charge in [-0.1, -0.05) is 0 Å². The van der Waals surface area contributed by atoms with Gasteiger partial charge in [-0.3, -0.25) is 9.59 Å². The Morgan fingerprint density at radius 2 is 1.81 bits per heavy atom. The molecule has 1 aromatic carbocycles. The third-order valence-electron chi connectivity index (χ3n) is 5.14. The number of hydrogen-bond donors (Lipinski definition) is 0. The zero-order valence-electron chi connectivity index (χ0n) is 18.2. The van der Waals surface area contributed by atoms with E-state index in [4.69, 9.17) is 14.2 Å². The molecule has 3 aromatic rings. The lowest BCUT2D eigenvalue weighted by Crippen LogP contribution is -2.29. The first-order valence-electron chi connectivity index (χ1n) is 10.2. The van der Waals surface area contributed by atoms with Crippen LogP contribution in [0.5, 0.6) is 11.5 Å². The van der Waals surface area contributed by atoms with Crippen LogP contribution in [0.4, 0.5) is 5.95 Å². The maximum atomic E-state index is 12.8. The maximum absolute atomic E-state index is 12.8. The number of nitrogens with zero attached hydrogens (tertiary/aromatic N) is 4. The molecule has 0 aliphatic carbocycles. The lowest BCUT2D eigenvalue weighted by Gasteiger charge is -2.20. The van der Waals surface area contributed by atoms with E-state index in [2.05, 4.69) is 9.97 Å². The molecule has 1 aliphatic rings. The molecule has 9 nitrogen and oxygen atoms in total. The monoisotopic (exact) mass is 436 g/mol. The first kappa shape index (κ1) is 21.4. The predicted octanol–water partition coefficient (Wildman–Crippen LogP) is 2.52. The molecule has 0 N–H and O–H groups in total. The molecule has 0 atom stereocenters. The normalized spacial score (nSPS) is 12.3. The van der Waals surface area contributed by atoms with Crippen LogP contribution in [0, 0.1) is 13.8 Å². The van der Waals surface area contributed by atoms with Gasteiger partial charge in [-0.25, -0.2) is 9.97 Å². The number of aryl methyl sites for hydroxylation is 1. The topological polar surface area (TPSA) is 95.8 Å². The molecule has 0 bridgehead atoms. The Labute approximate surface area is 185 Å². The van der Waals surface area contributed by atoms with E-state index in [1.54, 1.807) is 36.5 Å². The number of aromatic nitrogens is 3. The molecule has 32 heavy (non-hydrogen) atoms. The number of Topliss-reactive ketones (excluding diaryl/α,β-unsaturated/α-hetero) is 1. The highest BCUT2D eigenvalue weighted by Crippen LogP contribution is 2.33. The van der Waals surface area contributed by atoms with Gasteiger partial charge < -0.3 is 23.7 Å². The van der Waals surface area contributed by atoms with Crippen molar-refractivity contribution in [1.82, 2.24) is 14.5 Å². The van der Waals surface area contributed by atoms with Gasteiger partial charge in [0.2, 0.25) is 11.7 Å². The van der Waals surface area contributed by atoms with Crippen molar-refractivity contribution in [2.45, 2.75) is 13.8 Å². The molecule has 1 aliphatic heterocycles. The molecule has 0 unspecified atom stereocenters. The lowest BCUT2D eigenvalue weighted by molar-refractivity contribution is -0.140. The number of hydrogen-bond acceptors (Lipinski definition) is 8. The zero-order chi connectivity index (χ0) is 22.7. The van der Waals surface area contributed by atoms with E-state index in [1.807, 2.05) is 36.6 Å². The molecular formula is C23H24N4O5. The summed E-state index contributed by atoms with van der Waals surface area (Å²) in [6, 6.07) is 9.16. The highest BCUT2D eigenvalue weighted by Gasteiger charge is 2.20. The van der Waals surface area contributed by atoms with E-state index in [1.165, 1.54) is 0 Å². The summed E-state index contributed by atoms with van der Waals surface area (Å²) in [5, 5.41) is 0. The van der Waals surface area contributed by atoms with E-state index >= 15 is 0 Å². The summed E-state index contributed by atoms with van der Waals surface area (Å²) < 4.78 is 18.4. The Morgan fingerprint density at radius 1 is 1.09 bits per heavy atom. The van der Waals surface area contributed by atoms with Gasteiger partial charge in [-0.15, -0.1) is 0 Å². The van der Waals surface area contributed by atoms with Crippen molar-refractivity contribution in [3.63, 3.8) is 0 Å². The summed E-state index contributed by atoms with van der Waals surface area (Å²) in [6.45, 7) is 4.41. The third kappa shape index (κ3) is 4.41. The molecule has 0 spiro atoms. The summed E-state index contributed by atoms with van der Waals surface area (Å²) in [7, 11) is 1.68. The van der Waals surface area contributed by atoms with Crippen molar-refractivity contribution >= 4 is 17.7 Å². The van der Waals surface area contributed by atoms with Crippen LogP contribution < -0.4 is 14.4 Å². The second-order valence-corrected chi connectivity index (χ2v) is 7.44. The fourth-order valence-corrected chi connectivity index (χ4v) is 3.64. The summed E-state index contributed by atoms with van der Waals surface area (Å²) >= 11 is 0. The van der Waals surface area contributed by atoms with Gasteiger partial charge in [0.25, 0.3) is 0 Å². The molecule has 166 valence electrons. The summed E-state index contributed by atoms with van der Waals surface area (Å²) in [6.07, 6.45) is 3.18. The second-order valence-electron chi connectivity index (χ2n) is 7.44. The Balaban J connectivity index is 1.43. The van der Waals surface area contributed by atoms with E-state index in [0.717, 1.165) is 17.1 Å². The SMILES string of the molecule is Cc1cc(C(=O)COC(=O)CN(C)c2ncccn2)c(C)n1-c1ccc2c(c1)OCCO2. The number of benzene rings is 1. The van der Waals surface area contributed by atoms with Crippen LogP contribution in [0.3, 0.4) is 0 Å². The van der Waals surface area contributed by atoms with Crippen LogP contribution in [0.1, 0.15) is 21.7 Å². The van der Waals surface area contributed by atoms with Gasteiger partial charge in [-0.05, 0) is 38.1 Å². The minimum atomic E-state index is -0.533. The van der Waals surface area contributed by atoms with Crippen molar-refractivity contribution in [2.24, 2.45) is 0 Å². The fraction of sp³-hybridized carbons (Fsp3) is 0.304.